The van der Waals surface area contributed by atoms with Crippen LogP contribution in [-0.2, 0) is 75.8 Å². The summed E-state index contributed by atoms with van der Waals surface area (Å²) in [6, 6.07) is 0. The van der Waals surface area contributed by atoms with E-state index in [1.807, 2.05) is 0 Å². The molecule has 2 heterocycles. The van der Waals surface area contributed by atoms with Crippen molar-refractivity contribution in [3.63, 3.8) is 0 Å². The van der Waals surface area contributed by atoms with Crippen molar-refractivity contribution in [2.75, 3.05) is 252 Å². The fourth-order valence-corrected chi connectivity index (χ4v) is 5.32. The molecule has 372 valence electrons. The van der Waals surface area contributed by atoms with Crippen molar-refractivity contribution in [2.24, 2.45) is 0 Å². The summed E-state index contributed by atoms with van der Waals surface area (Å²) >= 11 is 0. The van der Waals surface area contributed by atoms with Crippen molar-refractivity contribution in [3.8, 4) is 0 Å². The summed E-state index contributed by atoms with van der Waals surface area (Å²) in [6.45, 7) is 23.3. The molecule has 0 bridgehead atoms. The highest BCUT2D eigenvalue weighted by Crippen LogP contribution is 1.99. The predicted molar refractivity (Wildman–Crippen MR) is 236 cm³/mol. The van der Waals surface area contributed by atoms with Gasteiger partial charge in [0.05, 0.1) is 185 Å². The van der Waals surface area contributed by atoms with Gasteiger partial charge in [0.15, 0.2) is 0 Å². The van der Waals surface area contributed by atoms with E-state index in [4.69, 9.17) is 75.8 Å². The highest BCUT2D eigenvalue weighted by Gasteiger charge is 2.02. The summed E-state index contributed by atoms with van der Waals surface area (Å²) in [4.78, 5) is 4.39. The van der Waals surface area contributed by atoms with E-state index >= 15 is 0 Å². The number of likely N-dealkylation sites (N-methyl/N-ethyl adjacent to an activating group) is 2. The SMILES string of the molecule is CN1CCOCCOCCCCCOCCOCC1.CN1CCOCCOCCOCCOCCCCCOCCOCCOCCOCCOCCOCCOCCOCC1. The third-order valence-corrected chi connectivity index (χ3v) is 9.09. The second-order valence-corrected chi connectivity index (χ2v) is 14.5. The maximum atomic E-state index is 5.64. The Morgan fingerprint density at radius 1 is 0.161 bits per heavy atom. The average molecular weight is 903 g/mol. The Labute approximate surface area is 375 Å². The van der Waals surface area contributed by atoms with Gasteiger partial charge in [0.1, 0.15) is 0 Å². The molecule has 0 aromatic rings. The van der Waals surface area contributed by atoms with E-state index < -0.39 is 0 Å². The molecule has 0 atom stereocenters. The second kappa shape index (κ2) is 52.9. The first kappa shape index (κ1) is 59.3. The fourth-order valence-electron chi connectivity index (χ4n) is 5.32. The lowest BCUT2D eigenvalue weighted by atomic mass is 10.2. The Morgan fingerprint density at radius 2 is 0.290 bits per heavy atom. The minimum Gasteiger partial charge on any atom is -0.379 e. The first-order valence-electron chi connectivity index (χ1n) is 23.4. The van der Waals surface area contributed by atoms with Gasteiger partial charge < -0.3 is 85.6 Å². The van der Waals surface area contributed by atoms with Crippen LogP contribution in [0.1, 0.15) is 38.5 Å². The van der Waals surface area contributed by atoms with Crippen LogP contribution in [-0.4, -0.2) is 261 Å². The molecule has 2 aliphatic rings. The van der Waals surface area contributed by atoms with Gasteiger partial charge in [-0.3, -0.25) is 0 Å². The molecule has 0 aromatic heterocycles. The van der Waals surface area contributed by atoms with E-state index in [1.54, 1.807) is 0 Å². The molecule has 2 aliphatic heterocycles. The van der Waals surface area contributed by atoms with Crippen molar-refractivity contribution in [2.45, 2.75) is 38.5 Å². The number of ether oxygens (including phenoxy) is 16. The molecule has 2 rings (SSSR count). The summed E-state index contributed by atoms with van der Waals surface area (Å²) < 4.78 is 88.7. The maximum absolute atomic E-state index is 5.64. The largest absolute Gasteiger partial charge is 0.379 e. The van der Waals surface area contributed by atoms with Crippen LogP contribution in [0.5, 0.6) is 0 Å². The molecule has 0 spiro atoms. The van der Waals surface area contributed by atoms with Gasteiger partial charge in [0.25, 0.3) is 0 Å². The maximum Gasteiger partial charge on any atom is 0.0701 e. The van der Waals surface area contributed by atoms with Crippen molar-refractivity contribution < 1.29 is 75.8 Å². The molecule has 0 aliphatic carbocycles. The number of rotatable bonds is 0. The molecular weight excluding hydrogens is 812 g/mol. The van der Waals surface area contributed by atoms with Crippen LogP contribution in [0.2, 0.25) is 0 Å². The van der Waals surface area contributed by atoms with E-state index in [0.29, 0.717) is 172 Å². The molecule has 0 N–H and O–H groups in total. The number of hydrogen-bond acceptors (Lipinski definition) is 18. The molecule has 0 amide bonds. The van der Waals surface area contributed by atoms with Gasteiger partial charge >= 0.3 is 0 Å². The van der Waals surface area contributed by atoms with Gasteiger partial charge in [-0.25, -0.2) is 0 Å². The van der Waals surface area contributed by atoms with Gasteiger partial charge in [-0.15, -0.1) is 0 Å². The summed E-state index contributed by atoms with van der Waals surface area (Å²) in [6.07, 6.45) is 6.47. The second-order valence-electron chi connectivity index (χ2n) is 14.5. The third kappa shape index (κ3) is 50.3. The zero-order valence-corrected chi connectivity index (χ0v) is 39.1. The molecule has 62 heavy (non-hydrogen) atoms. The molecule has 0 radical (unpaired) electrons. The van der Waals surface area contributed by atoms with Crippen LogP contribution >= 0.6 is 0 Å². The number of nitrogens with zero attached hydrogens (tertiary/aromatic N) is 2. The highest BCUT2D eigenvalue weighted by atomic mass is 16.6. The van der Waals surface area contributed by atoms with Crippen LogP contribution in [0.15, 0.2) is 0 Å². The summed E-state index contributed by atoms with van der Waals surface area (Å²) in [5.41, 5.74) is 0. The van der Waals surface area contributed by atoms with Crippen molar-refractivity contribution in [3.05, 3.63) is 0 Å². The molecule has 2 saturated heterocycles. The van der Waals surface area contributed by atoms with Crippen molar-refractivity contribution >= 4 is 0 Å². The van der Waals surface area contributed by atoms with Crippen LogP contribution in [0.3, 0.4) is 0 Å². The van der Waals surface area contributed by atoms with Gasteiger partial charge in [-0.2, -0.15) is 0 Å². The van der Waals surface area contributed by atoms with Gasteiger partial charge in [0, 0.05) is 52.6 Å². The summed E-state index contributed by atoms with van der Waals surface area (Å²) in [5, 5.41) is 0. The number of hydrogen-bond donors (Lipinski definition) is 0. The topological polar surface area (TPSA) is 154 Å². The highest BCUT2D eigenvalue weighted by molar-refractivity contribution is 4.52. The average Bonchev–Trinajstić information content (AvgIpc) is 3.27. The third-order valence-electron chi connectivity index (χ3n) is 9.09. The fraction of sp³-hybridized carbons (Fsp3) is 1.00. The normalized spacial score (nSPS) is 24.3. The van der Waals surface area contributed by atoms with E-state index in [-0.39, 0.29) is 0 Å². The Morgan fingerprint density at radius 3 is 0.452 bits per heavy atom. The van der Waals surface area contributed by atoms with Gasteiger partial charge in [-0.1, -0.05) is 0 Å². The standard InChI is InChI=1S/C30H61NO12.C14H29NO4/c1-31-5-9-34-13-17-38-21-19-36-15-11-32-7-3-2-4-8-33-12-16-37-20-23-40-25-27-42-29-30-43-28-26-41-24-22-39-18-14-35-10-6-31;1-15-5-9-18-13-11-16-7-3-2-4-8-17-12-14-19-10-6-15/h2-30H2,1H3;2-14H2,1H3. The molecule has 18 heteroatoms. The quantitative estimate of drug-likeness (QED) is 0.350. The minimum absolute atomic E-state index is 0.528. The molecule has 0 aromatic carbocycles. The van der Waals surface area contributed by atoms with Crippen LogP contribution < -0.4 is 0 Å². The summed E-state index contributed by atoms with van der Waals surface area (Å²) in [5.74, 6) is 0. The lowest BCUT2D eigenvalue weighted by Gasteiger charge is -2.16. The first-order valence-corrected chi connectivity index (χ1v) is 23.4. The van der Waals surface area contributed by atoms with Crippen LogP contribution in [0, 0.1) is 0 Å². The lowest BCUT2D eigenvalue weighted by molar-refractivity contribution is -0.0237. The minimum atomic E-state index is 0.528. The van der Waals surface area contributed by atoms with Crippen LogP contribution in [0.25, 0.3) is 0 Å². The first-order chi connectivity index (χ1) is 30.8. The van der Waals surface area contributed by atoms with Crippen molar-refractivity contribution in [1.29, 1.82) is 0 Å². The Balaban J connectivity index is 0.000000839. The van der Waals surface area contributed by atoms with Gasteiger partial charge in [-0.05, 0) is 52.6 Å². The molecule has 2 fully saturated rings. The van der Waals surface area contributed by atoms with Gasteiger partial charge in [0.2, 0.25) is 0 Å². The van der Waals surface area contributed by atoms with E-state index in [9.17, 15) is 0 Å². The Bertz CT molecular complexity index is 771. The zero-order valence-electron chi connectivity index (χ0n) is 39.1. The Kier molecular flexibility index (Phi) is 50.6. The molecular formula is C44H90N2O16. The van der Waals surface area contributed by atoms with Crippen molar-refractivity contribution in [1.82, 2.24) is 9.80 Å². The molecule has 0 unspecified atom stereocenters. The molecule has 18 nitrogen and oxygen atoms in total. The zero-order chi connectivity index (χ0) is 44.2. The van der Waals surface area contributed by atoms with E-state index in [0.717, 1.165) is 104 Å². The predicted octanol–water partition coefficient (Wildman–Crippen LogP) is 2.47. The van der Waals surface area contributed by atoms with E-state index in [1.165, 1.54) is 0 Å². The lowest BCUT2D eigenvalue weighted by Crippen LogP contribution is -2.28. The smallest absolute Gasteiger partial charge is 0.0701 e. The molecule has 0 saturated carbocycles. The van der Waals surface area contributed by atoms with E-state index in [2.05, 4.69) is 23.9 Å². The summed E-state index contributed by atoms with van der Waals surface area (Å²) in [7, 11) is 4.14. The monoisotopic (exact) mass is 903 g/mol. The van der Waals surface area contributed by atoms with Crippen LogP contribution in [0.4, 0.5) is 0 Å². The Hall–Kier alpha value is -0.720.